The molecule has 0 heterocycles. The molecule has 2 N–H and O–H groups in total. The van der Waals surface area contributed by atoms with Crippen LogP contribution < -0.4 is 5.32 Å². The molecule has 1 aliphatic carbocycles. The van der Waals surface area contributed by atoms with Crippen molar-refractivity contribution in [3.63, 3.8) is 0 Å². The molecule has 2 rings (SSSR count). The fraction of sp³-hybridized carbons (Fsp3) is 0.389. The normalized spacial score (nSPS) is 22.7. The lowest BCUT2D eigenvalue weighted by atomic mass is 9.95. The highest BCUT2D eigenvalue weighted by Gasteiger charge is 2.19. The number of benzene rings is 1. The zero-order valence-electron chi connectivity index (χ0n) is 12.7. The SMILES string of the molecule is CC1=CCCC(C)C(Nc2ccc(C=CC(=O)O)cc2)C1. The molecule has 0 aromatic heterocycles. The maximum absolute atomic E-state index is 10.5. The van der Waals surface area contributed by atoms with Crippen molar-refractivity contribution in [2.45, 2.75) is 39.2 Å². The van der Waals surface area contributed by atoms with E-state index in [0.717, 1.165) is 23.7 Å². The third-order valence-electron chi connectivity index (χ3n) is 4.02. The molecule has 3 heteroatoms. The van der Waals surface area contributed by atoms with Gasteiger partial charge in [-0.1, -0.05) is 30.7 Å². The highest BCUT2D eigenvalue weighted by Crippen LogP contribution is 2.26. The third kappa shape index (κ3) is 4.78. The van der Waals surface area contributed by atoms with E-state index in [-0.39, 0.29) is 0 Å². The minimum atomic E-state index is -0.924. The van der Waals surface area contributed by atoms with Gasteiger partial charge in [-0.25, -0.2) is 4.79 Å². The first kappa shape index (κ1) is 15.4. The van der Waals surface area contributed by atoms with E-state index in [4.69, 9.17) is 5.11 Å². The van der Waals surface area contributed by atoms with Gasteiger partial charge in [0.1, 0.15) is 0 Å². The largest absolute Gasteiger partial charge is 0.478 e. The molecule has 1 aliphatic rings. The first-order valence-electron chi connectivity index (χ1n) is 7.48. The maximum atomic E-state index is 10.5. The lowest BCUT2D eigenvalue weighted by molar-refractivity contribution is -0.131. The van der Waals surface area contributed by atoms with Crippen LogP contribution in [0, 0.1) is 5.92 Å². The summed E-state index contributed by atoms with van der Waals surface area (Å²) in [6.45, 7) is 4.50. The van der Waals surface area contributed by atoms with Crippen molar-refractivity contribution in [1.29, 1.82) is 0 Å². The topological polar surface area (TPSA) is 49.3 Å². The van der Waals surface area contributed by atoms with Crippen LogP contribution in [0.3, 0.4) is 0 Å². The van der Waals surface area contributed by atoms with Crippen LogP contribution >= 0.6 is 0 Å². The van der Waals surface area contributed by atoms with Gasteiger partial charge in [0, 0.05) is 17.8 Å². The van der Waals surface area contributed by atoms with Crippen LogP contribution in [-0.4, -0.2) is 17.1 Å². The van der Waals surface area contributed by atoms with Gasteiger partial charge in [0.15, 0.2) is 0 Å². The number of nitrogens with one attached hydrogen (secondary N) is 1. The monoisotopic (exact) mass is 285 g/mol. The molecule has 21 heavy (non-hydrogen) atoms. The molecule has 1 aromatic carbocycles. The molecule has 0 saturated carbocycles. The van der Waals surface area contributed by atoms with Gasteiger partial charge in [0.05, 0.1) is 0 Å². The summed E-state index contributed by atoms with van der Waals surface area (Å²) in [5.41, 5.74) is 3.44. The molecule has 1 aromatic rings. The van der Waals surface area contributed by atoms with E-state index in [1.807, 2.05) is 24.3 Å². The summed E-state index contributed by atoms with van der Waals surface area (Å²) in [6, 6.07) is 8.36. The average molecular weight is 285 g/mol. The Hall–Kier alpha value is -2.03. The van der Waals surface area contributed by atoms with Gasteiger partial charge in [-0.05, 0) is 55.9 Å². The van der Waals surface area contributed by atoms with E-state index in [1.54, 1.807) is 6.08 Å². The van der Waals surface area contributed by atoms with Crippen LogP contribution in [0.15, 0.2) is 42.0 Å². The maximum Gasteiger partial charge on any atom is 0.328 e. The first-order chi connectivity index (χ1) is 10.0. The van der Waals surface area contributed by atoms with Gasteiger partial charge in [-0.2, -0.15) is 0 Å². The van der Waals surface area contributed by atoms with Gasteiger partial charge in [-0.15, -0.1) is 0 Å². The van der Waals surface area contributed by atoms with Crippen molar-refractivity contribution in [3.05, 3.63) is 47.6 Å². The number of carboxylic acids is 1. The second kappa shape index (κ2) is 7.11. The lowest BCUT2D eigenvalue weighted by Gasteiger charge is -2.24. The molecule has 0 spiro atoms. The van der Waals surface area contributed by atoms with Crippen molar-refractivity contribution >= 4 is 17.7 Å². The highest BCUT2D eigenvalue weighted by atomic mass is 16.4. The predicted octanol–water partition coefficient (Wildman–Crippen LogP) is 4.33. The second-order valence-electron chi connectivity index (χ2n) is 5.85. The number of hydrogen-bond acceptors (Lipinski definition) is 2. The van der Waals surface area contributed by atoms with Crippen LogP contribution in [0.1, 0.15) is 38.7 Å². The summed E-state index contributed by atoms with van der Waals surface area (Å²) >= 11 is 0. The quantitative estimate of drug-likeness (QED) is 0.639. The molecule has 2 unspecified atom stereocenters. The van der Waals surface area contributed by atoms with E-state index in [9.17, 15) is 4.79 Å². The fourth-order valence-electron chi connectivity index (χ4n) is 2.69. The number of hydrogen-bond donors (Lipinski definition) is 2. The summed E-state index contributed by atoms with van der Waals surface area (Å²) in [5, 5.41) is 12.2. The molecular weight excluding hydrogens is 262 g/mol. The number of carbonyl (C=O) groups is 1. The Morgan fingerprint density at radius 3 is 2.71 bits per heavy atom. The van der Waals surface area contributed by atoms with E-state index in [1.165, 1.54) is 18.4 Å². The Morgan fingerprint density at radius 1 is 1.33 bits per heavy atom. The highest BCUT2D eigenvalue weighted by molar-refractivity contribution is 5.85. The lowest BCUT2D eigenvalue weighted by Crippen LogP contribution is -2.26. The zero-order chi connectivity index (χ0) is 15.2. The molecular formula is C18H23NO2. The number of rotatable bonds is 4. The third-order valence-corrected chi connectivity index (χ3v) is 4.02. The molecule has 2 atom stereocenters. The van der Waals surface area contributed by atoms with E-state index in [0.29, 0.717) is 12.0 Å². The number of anilines is 1. The summed E-state index contributed by atoms with van der Waals surface area (Å²) in [6.07, 6.45) is 8.58. The number of allylic oxidation sites excluding steroid dienone is 1. The Labute approximate surface area is 126 Å². The van der Waals surface area contributed by atoms with Gasteiger partial charge >= 0.3 is 5.97 Å². The minimum Gasteiger partial charge on any atom is -0.478 e. The first-order valence-corrected chi connectivity index (χ1v) is 7.48. The van der Waals surface area contributed by atoms with Gasteiger partial charge in [0.25, 0.3) is 0 Å². The molecule has 0 aliphatic heterocycles. The number of aliphatic carboxylic acids is 1. The van der Waals surface area contributed by atoms with Crippen molar-refractivity contribution in [2.24, 2.45) is 5.92 Å². The van der Waals surface area contributed by atoms with Crippen molar-refractivity contribution < 1.29 is 9.90 Å². The Balaban J connectivity index is 2.02. The minimum absolute atomic E-state index is 0.462. The molecule has 0 bridgehead atoms. The van der Waals surface area contributed by atoms with E-state index < -0.39 is 5.97 Å². The summed E-state index contributed by atoms with van der Waals surface area (Å²) in [5.74, 6) is -0.281. The Kier molecular flexibility index (Phi) is 5.20. The average Bonchev–Trinajstić information content (AvgIpc) is 2.60. The fourth-order valence-corrected chi connectivity index (χ4v) is 2.69. The molecule has 0 radical (unpaired) electrons. The van der Waals surface area contributed by atoms with Crippen molar-refractivity contribution in [2.75, 3.05) is 5.32 Å². The summed E-state index contributed by atoms with van der Waals surface area (Å²) in [4.78, 5) is 10.5. The van der Waals surface area contributed by atoms with E-state index >= 15 is 0 Å². The smallest absolute Gasteiger partial charge is 0.328 e. The van der Waals surface area contributed by atoms with Crippen LogP contribution in [0.2, 0.25) is 0 Å². The van der Waals surface area contributed by atoms with Crippen LogP contribution in [0.4, 0.5) is 5.69 Å². The van der Waals surface area contributed by atoms with Crippen LogP contribution in [0.5, 0.6) is 0 Å². The second-order valence-corrected chi connectivity index (χ2v) is 5.85. The molecule has 0 fully saturated rings. The standard InChI is InChI=1S/C18H23NO2/c1-13-4-3-5-14(2)17(12-13)19-16-9-6-15(7-10-16)8-11-18(20)21/h4,6-11,14,17,19H,3,5,12H2,1-2H3,(H,20,21). The Bertz CT molecular complexity index is 543. The molecule has 0 amide bonds. The predicted molar refractivity (Wildman–Crippen MR) is 87.3 cm³/mol. The van der Waals surface area contributed by atoms with Crippen molar-refractivity contribution in [1.82, 2.24) is 0 Å². The molecule has 112 valence electrons. The molecule has 0 saturated heterocycles. The van der Waals surface area contributed by atoms with Crippen LogP contribution in [0.25, 0.3) is 6.08 Å². The molecule has 3 nitrogen and oxygen atoms in total. The zero-order valence-corrected chi connectivity index (χ0v) is 12.7. The van der Waals surface area contributed by atoms with E-state index in [2.05, 4.69) is 25.2 Å². The summed E-state index contributed by atoms with van der Waals surface area (Å²) < 4.78 is 0. The van der Waals surface area contributed by atoms with Gasteiger partial charge in [-0.3, -0.25) is 0 Å². The number of carboxylic acid groups (broad SMARTS) is 1. The van der Waals surface area contributed by atoms with Gasteiger partial charge < -0.3 is 10.4 Å². The van der Waals surface area contributed by atoms with Crippen molar-refractivity contribution in [3.8, 4) is 0 Å². The van der Waals surface area contributed by atoms with Crippen LogP contribution in [-0.2, 0) is 4.79 Å². The van der Waals surface area contributed by atoms with Gasteiger partial charge in [0.2, 0.25) is 0 Å². The Morgan fingerprint density at radius 2 is 2.05 bits per heavy atom. The summed E-state index contributed by atoms with van der Waals surface area (Å²) in [7, 11) is 0.